The van der Waals surface area contributed by atoms with Crippen LogP contribution in [0.4, 0.5) is 0 Å². The zero-order chi connectivity index (χ0) is 23.3. The molecule has 0 aliphatic carbocycles. The number of benzene rings is 2. The molecule has 1 aromatic heterocycles. The van der Waals surface area contributed by atoms with E-state index in [4.69, 9.17) is 0 Å². The summed E-state index contributed by atoms with van der Waals surface area (Å²) >= 11 is 0. The number of amides is 1. The minimum absolute atomic E-state index is 0.00615. The molecule has 0 saturated heterocycles. The third kappa shape index (κ3) is 5.46. The molecule has 1 aliphatic rings. The van der Waals surface area contributed by atoms with Crippen LogP contribution in [-0.4, -0.2) is 41.5 Å². The van der Waals surface area contributed by atoms with E-state index in [0.717, 1.165) is 30.5 Å². The highest BCUT2D eigenvalue weighted by atomic mass is 32.2. The number of hydrogen-bond donors (Lipinski definition) is 2. The molecule has 1 atom stereocenters. The van der Waals surface area contributed by atoms with Crippen molar-refractivity contribution in [3.05, 3.63) is 72.3 Å². The molecule has 33 heavy (non-hydrogen) atoms. The zero-order valence-electron chi connectivity index (χ0n) is 18.3. The summed E-state index contributed by atoms with van der Waals surface area (Å²) in [5, 5.41) is 7.13. The van der Waals surface area contributed by atoms with Crippen LogP contribution in [0, 0.1) is 0 Å². The maximum Gasteiger partial charge on any atom is 0.263 e. The average Bonchev–Trinajstić information content (AvgIpc) is 3.43. The first-order valence-electron chi connectivity index (χ1n) is 10.8. The number of hydrogen-bond acceptors (Lipinski definition) is 6. The second-order valence-electron chi connectivity index (χ2n) is 7.86. The summed E-state index contributed by atoms with van der Waals surface area (Å²) in [7, 11) is -3.50. The number of carbonyl (C=O) groups is 1. The SMILES string of the molecule is CC(NC(=O)CCCCCN=C1NS(=O)(=O)c2ccccc21)c1ccc(-n2cncn2)cc1. The van der Waals surface area contributed by atoms with Crippen molar-refractivity contribution in [3.63, 3.8) is 0 Å². The Morgan fingerprint density at radius 3 is 2.67 bits per heavy atom. The monoisotopic (exact) mass is 466 g/mol. The van der Waals surface area contributed by atoms with Crippen LogP contribution in [0.1, 0.15) is 49.8 Å². The van der Waals surface area contributed by atoms with E-state index in [1.165, 1.54) is 6.33 Å². The van der Waals surface area contributed by atoms with E-state index in [0.29, 0.717) is 24.4 Å². The first-order valence-corrected chi connectivity index (χ1v) is 12.3. The van der Waals surface area contributed by atoms with Crippen molar-refractivity contribution in [2.24, 2.45) is 4.99 Å². The van der Waals surface area contributed by atoms with E-state index in [9.17, 15) is 13.2 Å². The molecule has 4 rings (SSSR count). The zero-order valence-corrected chi connectivity index (χ0v) is 19.1. The molecule has 0 bridgehead atoms. The van der Waals surface area contributed by atoms with Crippen LogP contribution in [0.5, 0.6) is 0 Å². The lowest BCUT2D eigenvalue weighted by Crippen LogP contribution is -2.26. The number of fused-ring (bicyclic) bond motifs is 1. The molecule has 0 radical (unpaired) electrons. The van der Waals surface area contributed by atoms with Crippen LogP contribution in [0.15, 0.2) is 71.1 Å². The lowest BCUT2D eigenvalue weighted by atomic mass is 10.1. The number of aromatic nitrogens is 3. The standard InChI is InChI=1S/C23H26N6O3S/c1-17(18-10-12-19(13-11-18)29-16-24-15-26-29)27-22(30)9-3-2-6-14-25-23-20-7-4-5-8-21(20)33(31,32)28-23/h4-5,7-8,10-13,15-17H,2-3,6,9,14H2,1H3,(H,25,28)(H,27,30). The van der Waals surface area contributed by atoms with Gasteiger partial charge in [-0.2, -0.15) is 5.10 Å². The Labute approximate surface area is 193 Å². The van der Waals surface area contributed by atoms with Crippen molar-refractivity contribution in [1.29, 1.82) is 0 Å². The fraction of sp³-hybridized carbons (Fsp3) is 0.304. The van der Waals surface area contributed by atoms with Gasteiger partial charge in [0.05, 0.1) is 16.6 Å². The van der Waals surface area contributed by atoms with Crippen LogP contribution in [0.25, 0.3) is 5.69 Å². The summed E-state index contributed by atoms with van der Waals surface area (Å²) in [5.41, 5.74) is 2.54. The summed E-state index contributed by atoms with van der Waals surface area (Å²) in [5.74, 6) is 0.402. The predicted octanol–water partition coefficient (Wildman–Crippen LogP) is 2.74. The van der Waals surface area contributed by atoms with E-state index < -0.39 is 10.0 Å². The lowest BCUT2D eigenvalue weighted by Gasteiger charge is -2.15. The van der Waals surface area contributed by atoms with Gasteiger partial charge in [0, 0.05) is 18.5 Å². The average molecular weight is 467 g/mol. The Bertz CT molecular complexity index is 1240. The van der Waals surface area contributed by atoms with Crippen LogP contribution in [0.2, 0.25) is 0 Å². The number of sulfonamides is 1. The van der Waals surface area contributed by atoms with Crippen molar-refractivity contribution in [2.45, 2.75) is 43.5 Å². The van der Waals surface area contributed by atoms with E-state index >= 15 is 0 Å². The smallest absolute Gasteiger partial charge is 0.263 e. The van der Waals surface area contributed by atoms with Crippen molar-refractivity contribution in [3.8, 4) is 5.69 Å². The Morgan fingerprint density at radius 1 is 1.12 bits per heavy atom. The molecule has 0 spiro atoms. The van der Waals surface area contributed by atoms with Crippen LogP contribution in [0.3, 0.4) is 0 Å². The van der Waals surface area contributed by atoms with E-state index in [1.54, 1.807) is 35.3 Å². The number of rotatable bonds is 9. The Balaban J connectivity index is 1.18. The van der Waals surface area contributed by atoms with E-state index in [-0.39, 0.29) is 16.8 Å². The van der Waals surface area contributed by atoms with Gasteiger partial charge in [-0.1, -0.05) is 30.7 Å². The van der Waals surface area contributed by atoms with Gasteiger partial charge in [-0.25, -0.2) is 18.1 Å². The number of unbranched alkanes of at least 4 members (excludes halogenated alkanes) is 2. The highest BCUT2D eigenvalue weighted by Gasteiger charge is 2.29. The normalized spacial score (nSPS) is 16.2. The maximum absolute atomic E-state index is 12.3. The molecule has 2 heterocycles. The van der Waals surface area contributed by atoms with Crippen LogP contribution in [-0.2, 0) is 14.8 Å². The van der Waals surface area contributed by atoms with Crippen molar-refractivity contribution in [2.75, 3.05) is 6.54 Å². The molecule has 1 unspecified atom stereocenters. The second-order valence-corrected chi connectivity index (χ2v) is 9.51. The van der Waals surface area contributed by atoms with Crippen LogP contribution < -0.4 is 10.0 Å². The molecule has 1 amide bonds. The van der Waals surface area contributed by atoms with Crippen molar-refractivity contribution in [1.82, 2.24) is 24.8 Å². The Morgan fingerprint density at radius 2 is 1.91 bits per heavy atom. The fourth-order valence-electron chi connectivity index (χ4n) is 3.67. The molecule has 2 aromatic carbocycles. The van der Waals surface area contributed by atoms with Gasteiger partial charge in [0.25, 0.3) is 10.0 Å². The summed E-state index contributed by atoms with van der Waals surface area (Å²) in [6.07, 6.45) is 5.92. The second kappa shape index (κ2) is 9.95. The molecule has 2 N–H and O–H groups in total. The largest absolute Gasteiger partial charge is 0.350 e. The molecule has 3 aromatic rings. The van der Waals surface area contributed by atoms with Gasteiger partial charge in [0.15, 0.2) is 0 Å². The van der Waals surface area contributed by atoms with E-state index in [2.05, 4.69) is 25.1 Å². The number of nitrogens with zero attached hydrogens (tertiary/aromatic N) is 4. The molecular formula is C23H26N6O3S. The minimum Gasteiger partial charge on any atom is -0.350 e. The van der Waals surface area contributed by atoms with Gasteiger partial charge < -0.3 is 5.32 Å². The molecule has 172 valence electrons. The van der Waals surface area contributed by atoms with Gasteiger partial charge in [-0.15, -0.1) is 0 Å². The highest BCUT2D eigenvalue weighted by Crippen LogP contribution is 2.22. The summed E-state index contributed by atoms with van der Waals surface area (Å²) < 4.78 is 28.4. The number of amidine groups is 1. The minimum atomic E-state index is -3.50. The van der Waals surface area contributed by atoms with Gasteiger partial charge >= 0.3 is 0 Å². The number of carbonyl (C=O) groups excluding carboxylic acids is 1. The van der Waals surface area contributed by atoms with E-state index in [1.807, 2.05) is 31.2 Å². The first-order chi connectivity index (χ1) is 15.9. The third-order valence-corrected chi connectivity index (χ3v) is 6.85. The lowest BCUT2D eigenvalue weighted by molar-refractivity contribution is -0.121. The number of aliphatic imine (C=N–C) groups is 1. The maximum atomic E-state index is 12.3. The molecule has 10 heteroatoms. The summed E-state index contributed by atoms with van der Waals surface area (Å²) in [6.45, 7) is 2.46. The van der Waals surface area contributed by atoms with Gasteiger partial charge in [-0.3, -0.25) is 14.5 Å². The van der Waals surface area contributed by atoms with Crippen molar-refractivity contribution < 1.29 is 13.2 Å². The molecular weight excluding hydrogens is 440 g/mol. The Hall–Kier alpha value is -3.53. The van der Waals surface area contributed by atoms with Crippen molar-refractivity contribution >= 4 is 21.8 Å². The van der Waals surface area contributed by atoms with Gasteiger partial charge in [0.2, 0.25) is 5.91 Å². The molecule has 1 aliphatic heterocycles. The quantitative estimate of drug-likeness (QED) is 0.470. The first kappa shape index (κ1) is 22.7. The highest BCUT2D eigenvalue weighted by molar-refractivity contribution is 7.90. The Kier molecular flexibility index (Phi) is 6.83. The fourth-order valence-corrected chi connectivity index (χ4v) is 4.92. The van der Waals surface area contributed by atoms with Gasteiger partial charge in [0.1, 0.15) is 18.5 Å². The summed E-state index contributed by atoms with van der Waals surface area (Å²) in [4.78, 5) is 20.9. The predicted molar refractivity (Wildman–Crippen MR) is 125 cm³/mol. The van der Waals surface area contributed by atoms with Gasteiger partial charge in [-0.05, 0) is 49.6 Å². The molecule has 0 fully saturated rings. The molecule has 0 saturated carbocycles. The van der Waals surface area contributed by atoms with Crippen LogP contribution >= 0.6 is 0 Å². The third-order valence-electron chi connectivity index (χ3n) is 5.45. The topological polar surface area (TPSA) is 118 Å². The number of nitrogens with one attached hydrogen (secondary N) is 2. The summed E-state index contributed by atoms with van der Waals surface area (Å²) in [6, 6.07) is 14.5. The molecule has 9 nitrogen and oxygen atoms in total.